The highest BCUT2D eigenvalue weighted by Crippen LogP contribution is 2.29. The maximum absolute atomic E-state index is 12.3. The summed E-state index contributed by atoms with van der Waals surface area (Å²) < 4.78 is 5.28. The van der Waals surface area contributed by atoms with Crippen molar-refractivity contribution in [3.05, 3.63) is 24.5 Å². The van der Waals surface area contributed by atoms with Crippen LogP contribution in [-0.2, 0) is 14.3 Å². The van der Waals surface area contributed by atoms with E-state index in [-0.39, 0.29) is 18.2 Å². The quantitative estimate of drug-likeness (QED) is 0.700. The van der Waals surface area contributed by atoms with E-state index < -0.39 is 5.41 Å². The Bertz CT molecular complexity index is 501. The summed E-state index contributed by atoms with van der Waals surface area (Å²) in [5, 5.41) is 5.56. The standard InChI is InChI=1S/C15H22N4O3/c16-11-15(4-9-22-10-5-15)14(21)18-8-3-13(20)19-12-1-6-17-7-2-12/h1-2,6-7H,3-5,8-11,16H2,(H,18,21)(H,17,19,20). The number of hydrogen-bond donors (Lipinski definition) is 3. The zero-order valence-corrected chi connectivity index (χ0v) is 12.5. The van der Waals surface area contributed by atoms with Gasteiger partial charge >= 0.3 is 0 Å². The van der Waals surface area contributed by atoms with Crippen molar-refractivity contribution >= 4 is 17.5 Å². The highest BCUT2D eigenvalue weighted by molar-refractivity contribution is 5.91. The van der Waals surface area contributed by atoms with Crippen LogP contribution in [0.1, 0.15) is 19.3 Å². The van der Waals surface area contributed by atoms with Crippen LogP contribution in [0.4, 0.5) is 5.69 Å². The molecule has 7 nitrogen and oxygen atoms in total. The number of pyridine rings is 1. The molecular formula is C15H22N4O3. The van der Waals surface area contributed by atoms with Crippen LogP contribution < -0.4 is 16.4 Å². The maximum atomic E-state index is 12.3. The summed E-state index contributed by atoms with van der Waals surface area (Å²) in [6.07, 6.45) is 4.67. The Hall–Kier alpha value is -1.99. The van der Waals surface area contributed by atoms with Crippen molar-refractivity contribution in [3.8, 4) is 0 Å². The molecule has 0 saturated carbocycles. The number of carbonyl (C=O) groups is 2. The number of nitrogens with zero attached hydrogens (tertiary/aromatic N) is 1. The summed E-state index contributed by atoms with van der Waals surface area (Å²) in [7, 11) is 0. The Morgan fingerprint density at radius 3 is 2.59 bits per heavy atom. The molecule has 22 heavy (non-hydrogen) atoms. The summed E-state index contributed by atoms with van der Waals surface area (Å²) >= 11 is 0. The number of carbonyl (C=O) groups excluding carboxylic acids is 2. The minimum Gasteiger partial charge on any atom is -0.381 e. The van der Waals surface area contributed by atoms with E-state index in [0.717, 1.165) is 0 Å². The van der Waals surface area contributed by atoms with E-state index in [1.54, 1.807) is 24.5 Å². The summed E-state index contributed by atoms with van der Waals surface area (Å²) in [4.78, 5) is 28.0. The Morgan fingerprint density at radius 2 is 1.95 bits per heavy atom. The van der Waals surface area contributed by atoms with Gasteiger partial charge in [0.25, 0.3) is 0 Å². The molecule has 1 aromatic rings. The highest BCUT2D eigenvalue weighted by Gasteiger charge is 2.38. The molecule has 0 unspecified atom stereocenters. The fourth-order valence-corrected chi connectivity index (χ4v) is 2.42. The van der Waals surface area contributed by atoms with Crippen LogP contribution in [0.5, 0.6) is 0 Å². The van der Waals surface area contributed by atoms with Crippen molar-refractivity contribution in [2.75, 3.05) is 31.6 Å². The van der Waals surface area contributed by atoms with Crippen LogP contribution in [-0.4, -0.2) is 43.1 Å². The fourth-order valence-electron chi connectivity index (χ4n) is 2.42. The van der Waals surface area contributed by atoms with Crippen LogP contribution >= 0.6 is 0 Å². The topological polar surface area (TPSA) is 106 Å². The zero-order chi connectivity index (χ0) is 15.8. The molecular weight excluding hydrogens is 284 g/mol. The maximum Gasteiger partial charge on any atom is 0.227 e. The molecule has 1 aromatic heterocycles. The van der Waals surface area contributed by atoms with Crippen molar-refractivity contribution in [1.29, 1.82) is 0 Å². The second kappa shape index (κ2) is 7.86. The monoisotopic (exact) mass is 306 g/mol. The van der Waals surface area contributed by atoms with Gasteiger partial charge in [-0.15, -0.1) is 0 Å². The van der Waals surface area contributed by atoms with E-state index >= 15 is 0 Å². The van der Waals surface area contributed by atoms with Gasteiger partial charge in [-0.3, -0.25) is 14.6 Å². The Morgan fingerprint density at radius 1 is 1.27 bits per heavy atom. The molecule has 1 saturated heterocycles. The average Bonchev–Trinajstić information content (AvgIpc) is 2.56. The first kappa shape index (κ1) is 16.4. The Kier molecular flexibility index (Phi) is 5.85. The van der Waals surface area contributed by atoms with E-state index in [1.807, 2.05) is 0 Å². The number of anilines is 1. The first-order valence-electron chi connectivity index (χ1n) is 7.42. The first-order chi connectivity index (χ1) is 10.7. The highest BCUT2D eigenvalue weighted by atomic mass is 16.5. The molecule has 2 heterocycles. The Labute approximate surface area is 129 Å². The third kappa shape index (κ3) is 4.25. The molecule has 7 heteroatoms. The SMILES string of the molecule is NCC1(C(=O)NCCC(=O)Nc2ccncc2)CCOCC1. The molecule has 2 amide bonds. The molecule has 0 spiro atoms. The molecule has 1 aliphatic heterocycles. The number of nitrogens with two attached hydrogens (primary N) is 1. The lowest BCUT2D eigenvalue weighted by molar-refractivity contribution is -0.135. The normalized spacial score (nSPS) is 16.8. The number of hydrogen-bond acceptors (Lipinski definition) is 5. The van der Waals surface area contributed by atoms with Gasteiger partial charge in [-0.25, -0.2) is 0 Å². The fraction of sp³-hybridized carbons (Fsp3) is 0.533. The van der Waals surface area contributed by atoms with Crippen LogP contribution in [0.2, 0.25) is 0 Å². The second-order valence-electron chi connectivity index (χ2n) is 5.39. The van der Waals surface area contributed by atoms with Gasteiger partial charge in [0.1, 0.15) is 0 Å². The van der Waals surface area contributed by atoms with Crippen molar-refractivity contribution in [2.24, 2.45) is 11.1 Å². The predicted molar refractivity (Wildman–Crippen MR) is 82.0 cm³/mol. The van der Waals surface area contributed by atoms with Gasteiger partial charge in [-0.2, -0.15) is 0 Å². The summed E-state index contributed by atoms with van der Waals surface area (Å²) in [6, 6.07) is 3.42. The lowest BCUT2D eigenvalue weighted by Crippen LogP contribution is -2.49. The number of amides is 2. The van der Waals surface area contributed by atoms with Gasteiger partial charge in [0.05, 0.1) is 5.41 Å². The molecule has 0 atom stereocenters. The number of rotatable bonds is 6. The van der Waals surface area contributed by atoms with Crippen LogP contribution in [0.15, 0.2) is 24.5 Å². The lowest BCUT2D eigenvalue weighted by atomic mass is 9.79. The van der Waals surface area contributed by atoms with Gasteiger partial charge in [0.15, 0.2) is 0 Å². The predicted octanol–water partition coefficient (Wildman–Crippen LogP) is 0.282. The minimum absolute atomic E-state index is 0.0880. The Balaban J connectivity index is 1.75. The van der Waals surface area contributed by atoms with E-state index in [0.29, 0.717) is 44.8 Å². The van der Waals surface area contributed by atoms with E-state index in [9.17, 15) is 9.59 Å². The van der Waals surface area contributed by atoms with E-state index in [4.69, 9.17) is 10.5 Å². The minimum atomic E-state index is -0.556. The third-order valence-electron chi connectivity index (χ3n) is 3.92. The van der Waals surface area contributed by atoms with Gasteiger partial charge < -0.3 is 21.1 Å². The second-order valence-corrected chi connectivity index (χ2v) is 5.39. The average molecular weight is 306 g/mol. The zero-order valence-electron chi connectivity index (χ0n) is 12.5. The van der Waals surface area contributed by atoms with Crippen molar-refractivity contribution in [3.63, 3.8) is 0 Å². The molecule has 0 radical (unpaired) electrons. The summed E-state index contributed by atoms with van der Waals surface area (Å²) in [5.41, 5.74) is 5.90. The molecule has 1 aliphatic rings. The molecule has 1 fully saturated rings. The molecule has 120 valence electrons. The number of ether oxygens (including phenoxy) is 1. The first-order valence-corrected chi connectivity index (χ1v) is 7.42. The molecule has 0 aliphatic carbocycles. The van der Waals surface area contributed by atoms with Crippen LogP contribution in [0.3, 0.4) is 0 Å². The van der Waals surface area contributed by atoms with E-state index in [1.165, 1.54) is 0 Å². The van der Waals surface area contributed by atoms with Crippen LogP contribution in [0.25, 0.3) is 0 Å². The van der Waals surface area contributed by atoms with Crippen LogP contribution in [0, 0.1) is 5.41 Å². The number of aromatic nitrogens is 1. The summed E-state index contributed by atoms with van der Waals surface area (Å²) in [5.74, 6) is -0.240. The summed E-state index contributed by atoms with van der Waals surface area (Å²) in [6.45, 7) is 1.68. The van der Waals surface area contributed by atoms with E-state index in [2.05, 4.69) is 15.6 Å². The molecule has 4 N–H and O–H groups in total. The molecule has 0 bridgehead atoms. The van der Waals surface area contributed by atoms with Gasteiger partial charge in [0, 0.05) is 50.8 Å². The van der Waals surface area contributed by atoms with Crippen molar-refractivity contribution in [1.82, 2.24) is 10.3 Å². The molecule has 0 aromatic carbocycles. The van der Waals surface area contributed by atoms with Crippen molar-refractivity contribution in [2.45, 2.75) is 19.3 Å². The smallest absolute Gasteiger partial charge is 0.227 e. The van der Waals surface area contributed by atoms with Gasteiger partial charge in [0.2, 0.25) is 11.8 Å². The van der Waals surface area contributed by atoms with Gasteiger partial charge in [-0.1, -0.05) is 0 Å². The van der Waals surface area contributed by atoms with Crippen molar-refractivity contribution < 1.29 is 14.3 Å². The lowest BCUT2D eigenvalue weighted by Gasteiger charge is -2.34. The third-order valence-corrected chi connectivity index (χ3v) is 3.92. The van der Waals surface area contributed by atoms with Gasteiger partial charge in [-0.05, 0) is 25.0 Å². The number of nitrogens with one attached hydrogen (secondary N) is 2. The molecule has 2 rings (SSSR count). The largest absolute Gasteiger partial charge is 0.381 e.